The van der Waals surface area contributed by atoms with Crippen LogP contribution in [-0.2, 0) is 31.3 Å². The van der Waals surface area contributed by atoms with Gasteiger partial charge in [0.15, 0.2) is 0 Å². The zero-order chi connectivity index (χ0) is 13.7. The maximum Gasteiger partial charge on any atom is 0.582 e. The second kappa shape index (κ2) is 6.65. The van der Waals surface area contributed by atoms with Crippen molar-refractivity contribution in [2.45, 2.75) is 6.92 Å². The van der Waals surface area contributed by atoms with Crippen molar-refractivity contribution < 1.29 is 46.0 Å². The second-order valence-electron chi connectivity index (χ2n) is 2.35. The molecule has 0 heterocycles. The van der Waals surface area contributed by atoms with Crippen LogP contribution in [0.15, 0.2) is 0 Å². The Morgan fingerprint density at radius 2 is 1.76 bits per heavy atom. The minimum atomic E-state index is -5.14. The first-order valence-corrected chi connectivity index (χ1v) is 8.54. The minimum Gasteiger partial charge on any atom is -0.302 e. The molecule has 0 spiro atoms. The van der Waals surface area contributed by atoms with Crippen LogP contribution in [0.2, 0.25) is 0 Å². The first-order valence-electron chi connectivity index (χ1n) is 4.06. The number of phosphoric acid groups is 2. The molecule has 0 saturated carbocycles. The molecule has 0 fully saturated rings. The van der Waals surface area contributed by atoms with E-state index in [1.165, 1.54) is 6.92 Å². The van der Waals surface area contributed by atoms with Crippen molar-refractivity contribution in [3.63, 3.8) is 0 Å². The number of hydrogen-bond donors (Lipinski definition) is 3. The Morgan fingerprint density at radius 1 is 1.24 bits per heavy atom. The fourth-order valence-electron chi connectivity index (χ4n) is 0.611. The smallest absolute Gasteiger partial charge is 0.302 e. The van der Waals surface area contributed by atoms with Crippen LogP contribution >= 0.6 is 23.8 Å². The summed E-state index contributed by atoms with van der Waals surface area (Å²) in [6.45, 7) is 1.42. The minimum absolute atomic E-state index is 0.0578. The molecule has 13 heteroatoms. The molecule has 0 radical (unpaired) electrons. The molecule has 0 amide bonds. The SMILES string of the molecule is CCO[P+](O)(OC)OP(=O)(OC)OP(=O)(O)O. The largest absolute Gasteiger partial charge is 0.582 e. The van der Waals surface area contributed by atoms with Crippen molar-refractivity contribution in [1.82, 2.24) is 0 Å². The lowest BCUT2D eigenvalue weighted by molar-refractivity contribution is 0.125. The molecule has 104 valence electrons. The highest BCUT2D eigenvalue weighted by Crippen LogP contribution is 2.73. The van der Waals surface area contributed by atoms with E-state index in [1.54, 1.807) is 0 Å². The molecule has 10 nitrogen and oxygen atoms in total. The fourth-order valence-corrected chi connectivity index (χ4v) is 4.47. The van der Waals surface area contributed by atoms with Crippen LogP contribution in [0.3, 0.4) is 0 Å². The lowest BCUT2D eigenvalue weighted by Crippen LogP contribution is -2.05. The third-order valence-corrected chi connectivity index (χ3v) is 5.93. The van der Waals surface area contributed by atoms with E-state index < -0.39 is 23.8 Å². The van der Waals surface area contributed by atoms with Crippen molar-refractivity contribution in [3.05, 3.63) is 0 Å². The molecule has 0 rings (SSSR count). The van der Waals surface area contributed by atoms with Crippen LogP contribution in [0, 0.1) is 0 Å². The Labute approximate surface area is 98.3 Å². The molecule has 2 unspecified atom stereocenters. The summed E-state index contributed by atoms with van der Waals surface area (Å²) >= 11 is 0. The van der Waals surface area contributed by atoms with Crippen molar-refractivity contribution in [2.75, 3.05) is 20.8 Å². The van der Waals surface area contributed by atoms with Crippen LogP contribution in [0.5, 0.6) is 0 Å². The van der Waals surface area contributed by atoms with Gasteiger partial charge in [-0.3, -0.25) is 4.52 Å². The summed E-state index contributed by atoms with van der Waals surface area (Å²) in [6, 6.07) is 0. The standard InChI is InChI=1S/C4H13O10P3/c1-4-12-16(8,10-2)14-17(9,11-3)13-15(5,6)7/h8H,4H2,1-3H3,(H-,5,6,7)/p+1. The average Bonchev–Trinajstić information content (AvgIpc) is 2.15. The summed E-state index contributed by atoms with van der Waals surface area (Å²) in [6.07, 6.45) is 0. The lowest BCUT2D eigenvalue weighted by Gasteiger charge is -2.17. The maximum atomic E-state index is 11.6. The van der Waals surface area contributed by atoms with Gasteiger partial charge in [-0.2, -0.15) is 18.3 Å². The summed E-state index contributed by atoms with van der Waals surface area (Å²) in [5, 5.41) is 0. The van der Waals surface area contributed by atoms with Crippen LogP contribution in [-0.4, -0.2) is 35.5 Å². The first kappa shape index (κ1) is 17.6. The molecule has 3 N–H and O–H groups in total. The molecule has 0 aliphatic rings. The summed E-state index contributed by atoms with van der Waals surface area (Å²) in [4.78, 5) is 26.5. The molecule has 0 aromatic rings. The predicted molar refractivity (Wildman–Crippen MR) is 56.6 cm³/mol. The van der Waals surface area contributed by atoms with E-state index in [1.807, 2.05) is 0 Å². The van der Waals surface area contributed by atoms with Gasteiger partial charge in [0.25, 0.3) is 0 Å². The van der Waals surface area contributed by atoms with E-state index in [9.17, 15) is 14.0 Å². The average molecular weight is 315 g/mol. The van der Waals surface area contributed by atoms with E-state index in [-0.39, 0.29) is 6.61 Å². The van der Waals surface area contributed by atoms with Gasteiger partial charge in [0.2, 0.25) is 0 Å². The highest BCUT2D eigenvalue weighted by molar-refractivity contribution is 7.69. The van der Waals surface area contributed by atoms with E-state index in [4.69, 9.17) is 9.79 Å². The van der Waals surface area contributed by atoms with Gasteiger partial charge >= 0.3 is 23.8 Å². The van der Waals surface area contributed by atoms with Gasteiger partial charge in [0.05, 0.1) is 13.7 Å². The van der Waals surface area contributed by atoms with Gasteiger partial charge in [-0.05, 0) is 11.2 Å². The van der Waals surface area contributed by atoms with Crippen molar-refractivity contribution >= 4 is 23.8 Å². The van der Waals surface area contributed by atoms with E-state index in [2.05, 4.69) is 22.2 Å². The topological polar surface area (TPSA) is 141 Å². The normalized spacial score (nSPS) is 19.6. The summed E-state index contributed by atoms with van der Waals surface area (Å²) in [7, 11) is -12.1. The molecular formula is C4H14O10P3+. The molecule has 0 aliphatic heterocycles. The van der Waals surface area contributed by atoms with E-state index in [0.29, 0.717) is 0 Å². The summed E-state index contributed by atoms with van der Waals surface area (Å²) in [5.74, 6) is 0. The van der Waals surface area contributed by atoms with Crippen LogP contribution in [0.1, 0.15) is 6.92 Å². The molecule has 0 saturated heterocycles. The maximum absolute atomic E-state index is 11.6. The fraction of sp³-hybridized carbons (Fsp3) is 1.00. The molecule has 0 bridgehead atoms. The Kier molecular flexibility index (Phi) is 6.88. The quantitative estimate of drug-likeness (QED) is 0.560. The molecule has 17 heavy (non-hydrogen) atoms. The second-order valence-corrected chi connectivity index (χ2v) is 7.46. The lowest BCUT2D eigenvalue weighted by atomic mass is 10.9. The van der Waals surface area contributed by atoms with Crippen molar-refractivity contribution in [3.8, 4) is 0 Å². The molecule has 0 aliphatic carbocycles. The molecule has 0 aromatic carbocycles. The van der Waals surface area contributed by atoms with Gasteiger partial charge in [-0.25, -0.2) is 9.13 Å². The Morgan fingerprint density at radius 3 is 2.06 bits per heavy atom. The Hall–Kier alpha value is 0.570. The zero-order valence-electron chi connectivity index (χ0n) is 9.25. The molecule has 2 atom stereocenters. The highest BCUT2D eigenvalue weighted by Gasteiger charge is 2.54. The number of rotatable bonds is 8. The first-order chi connectivity index (χ1) is 7.60. The van der Waals surface area contributed by atoms with Crippen molar-refractivity contribution in [1.29, 1.82) is 0 Å². The Bertz CT molecular complexity index is 326. The monoisotopic (exact) mass is 315 g/mol. The summed E-state index contributed by atoms with van der Waals surface area (Å²) in [5.41, 5.74) is 0. The van der Waals surface area contributed by atoms with Gasteiger partial charge in [-0.15, -0.1) is 0 Å². The van der Waals surface area contributed by atoms with E-state index in [0.717, 1.165) is 14.2 Å². The highest BCUT2D eigenvalue weighted by atomic mass is 31.3. The van der Waals surface area contributed by atoms with Gasteiger partial charge in [0.1, 0.15) is 0 Å². The van der Waals surface area contributed by atoms with Gasteiger partial charge < -0.3 is 9.79 Å². The van der Waals surface area contributed by atoms with Crippen molar-refractivity contribution in [2.24, 2.45) is 0 Å². The predicted octanol–water partition coefficient (Wildman–Crippen LogP) is 1.22. The third-order valence-electron chi connectivity index (χ3n) is 1.16. The van der Waals surface area contributed by atoms with Crippen LogP contribution < -0.4 is 0 Å². The van der Waals surface area contributed by atoms with E-state index >= 15 is 0 Å². The summed E-state index contributed by atoms with van der Waals surface area (Å²) < 4.78 is 43.5. The van der Waals surface area contributed by atoms with Crippen LogP contribution in [0.25, 0.3) is 0 Å². The number of hydrogen-bond acceptors (Lipinski definition) is 8. The van der Waals surface area contributed by atoms with Crippen LogP contribution in [0.4, 0.5) is 0 Å². The molecule has 0 aromatic heterocycles. The third kappa shape index (κ3) is 6.91. The van der Waals surface area contributed by atoms with Gasteiger partial charge in [0, 0.05) is 7.11 Å². The molecular weight excluding hydrogens is 301 g/mol. The van der Waals surface area contributed by atoms with Gasteiger partial charge in [-0.1, -0.05) is 0 Å². The Balaban J connectivity index is 4.89. The zero-order valence-corrected chi connectivity index (χ0v) is 11.9.